The van der Waals surface area contributed by atoms with Gasteiger partial charge >= 0.3 is 0 Å². The Balaban J connectivity index is 1.89. The van der Waals surface area contributed by atoms with Crippen molar-refractivity contribution in [2.45, 2.75) is 5.75 Å². The summed E-state index contributed by atoms with van der Waals surface area (Å²) in [6.45, 7) is 0. The predicted molar refractivity (Wildman–Crippen MR) is 70.0 cm³/mol. The van der Waals surface area contributed by atoms with Crippen molar-refractivity contribution in [2.24, 2.45) is 0 Å². The van der Waals surface area contributed by atoms with Crippen LogP contribution >= 0.6 is 23.1 Å². The van der Waals surface area contributed by atoms with Crippen molar-refractivity contribution in [3.05, 3.63) is 29.5 Å². The number of amides is 1. The summed E-state index contributed by atoms with van der Waals surface area (Å²) in [5.41, 5.74) is 0.982. The molecule has 17 heavy (non-hydrogen) atoms. The summed E-state index contributed by atoms with van der Waals surface area (Å²) in [5.74, 6) is 2.03. The fraction of sp³-hybridized carbons (Fsp3) is 0.273. The van der Waals surface area contributed by atoms with Crippen molar-refractivity contribution in [1.29, 1.82) is 0 Å². The van der Waals surface area contributed by atoms with Gasteiger partial charge in [0.05, 0.1) is 17.7 Å². The molecule has 0 atom stereocenters. The SMILES string of the molecule is CNC(=O)CSCc1csc(-c2ccco2)n1. The first-order valence-corrected chi connectivity index (χ1v) is 7.09. The van der Waals surface area contributed by atoms with Gasteiger partial charge in [0.1, 0.15) is 0 Å². The summed E-state index contributed by atoms with van der Waals surface area (Å²) in [6, 6.07) is 3.73. The Morgan fingerprint density at radius 2 is 2.53 bits per heavy atom. The number of hydrogen-bond acceptors (Lipinski definition) is 5. The average molecular weight is 268 g/mol. The van der Waals surface area contributed by atoms with E-state index in [0.29, 0.717) is 5.75 Å². The number of thiazole rings is 1. The van der Waals surface area contributed by atoms with Gasteiger partial charge in [0.15, 0.2) is 10.8 Å². The van der Waals surface area contributed by atoms with Gasteiger partial charge in [0, 0.05) is 18.2 Å². The number of nitrogens with zero attached hydrogens (tertiary/aromatic N) is 1. The molecule has 90 valence electrons. The normalized spacial score (nSPS) is 10.4. The maximum absolute atomic E-state index is 11.0. The van der Waals surface area contributed by atoms with Crippen LogP contribution in [0, 0.1) is 0 Å². The predicted octanol–water partition coefficient (Wildman–Crippen LogP) is 2.38. The number of furan rings is 1. The van der Waals surface area contributed by atoms with Crippen LogP contribution in [-0.4, -0.2) is 23.7 Å². The molecule has 0 spiro atoms. The van der Waals surface area contributed by atoms with E-state index in [-0.39, 0.29) is 5.91 Å². The highest BCUT2D eigenvalue weighted by molar-refractivity contribution is 7.99. The lowest BCUT2D eigenvalue weighted by Crippen LogP contribution is -2.19. The van der Waals surface area contributed by atoms with E-state index in [1.54, 1.807) is 36.4 Å². The zero-order valence-corrected chi connectivity index (χ0v) is 10.9. The van der Waals surface area contributed by atoms with Gasteiger partial charge in [-0.15, -0.1) is 23.1 Å². The molecule has 0 aromatic carbocycles. The molecule has 0 aliphatic heterocycles. The molecular weight excluding hydrogens is 256 g/mol. The van der Waals surface area contributed by atoms with E-state index < -0.39 is 0 Å². The molecule has 2 rings (SSSR count). The molecule has 1 N–H and O–H groups in total. The van der Waals surface area contributed by atoms with Gasteiger partial charge in [0.2, 0.25) is 5.91 Å². The summed E-state index contributed by atoms with van der Waals surface area (Å²) >= 11 is 3.10. The second-order valence-corrected chi connectivity index (χ2v) is 5.13. The number of nitrogens with one attached hydrogen (secondary N) is 1. The maximum Gasteiger partial charge on any atom is 0.229 e. The van der Waals surface area contributed by atoms with Crippen molar-refractivity contribution in [3.63, 3.8) is 0 Å². The molecule has 0 fully saturated rings. The molecule has 6 heteroatoms. The largest absolute Gasteiger partial charge is 0.462 e. The second kappa shape index (κ2) is 5.88. The Kier molecular flexibility index (Phi) is 4.22. The van der Waals surface area contributed by atoms with Crippen molar-refractivity contribution in [2.75, 3.05) is 12.8 Å². The summed E-state index contributed by atoms with van der Waals surface area (Å²) in [7, 11) is 1.64. The Bertz CT molecular complexity index is 479. The van der Waals surface area contributed by atoms with E-state index in [9.17, 15) is 4.79 Å². The van der Waals surface area contributed by atoms with E-state index in [0.717, 1.165) is 22.2 Å². The van der Waals surface area contributed by atoms with Gasteiger partial charge in [-0.2, -0.15) is 0 Å². The van der Waals surface area contributed by atoms with Gasteiger partial charge in [-0.1, -0.05) is 0 Å². The first-order chi connectivity index (χ1) is 8.29. The van der Waals surface area contributed by atoms with Gasteiger partial charge < -0.3 is 9.73 Å². The van der Waals surface area contributed by atoms with Gasteiger partial charge in [-0.3, -0.25) is 4.79 Å². The molecule has 0 saturated heterocycles. The average Bonchev–Trinajstić information content (AvgIpc) is 2.98. The topological polar surface area (TPSA) is 55.1 Å². The fourth-order valence-electron chi connectivity index (χ4n) is 1.21. The third-order valence-corrected chi connectivity index (χ3v) is 3.92. The van der Waals surface area contributed by atoms with Crippen LogP contribution in [0.5, 0.6) is 0 Å². The van der Waals surface area contributed by atoms with E-state index in [2.05, 4.69) is 10.3 Å². The number of thioether (sulfide) groups is 1. The van der Waals surface area contributed by atoms with Crippen molar-refractivity contribution >= 4 is 29.0 Å². The fourth-order valence-corrected chi connectivity index (χ4v) is 2.89. The van der Waals surface area contributed by atoms with Crippen molar-refractivity contribution in [1.82, 2.24) is 10.3 Å². The van der Waals surface area contributed by atoms with Crippen LogP contribution in [0.2, 0.25) is 0 Å². The Morgan fingerprint density at radius 1 is 1.65 bits per heavy atom. The molecule has 2 aromatic rings. The van der Waals surface area contributed by atoms with E-state index >= 15 is 0 Å². The van der Waals surface area contributed by atoms with Crippen LogP contribution in [0.3, 0.4) is 0 Å². The monoisotopic (exact) mass is 268 g/mol. The third-order valence-electron chi connectivity index (χ3n) is 2.05. The van der Waals surface area contributed by atoms with Gasteiger partial charge in [0.25, 0.3) is 0 Å². The first-order valence-electron chi connectivity index (χ1n) is 5.06. The highest BCUT2D eigenvalue weighted by Crippen LogP contribution is 2.25. The lowest BCUT2D eigenvalue weighted by atomic mass is 10.5. The molecule has 0 aliphatic rings. The molecule has 4 nitrogen and oxygen atoms in total. The minimum Gasteiger partial charge on any atom is -0.462 e. The molecule has 2 heterocycles. The molecule has 2 aromatic heterocycles. The minimum atomic E-state index is 0.0384. The summed E-state index contributed by atoms with van der Waals surface area (Å²) in [4.78, 5) is 15.5. The Morgan fingerprint density at radius 3 is 3.24 bits per heavy atom. The van der Waals surface area contributed by atoms with Gasteiger partial charge in [-0.05, 0) is 12.1 Å². The molecule has 0 aliphatic carbocycles. The zero-order chi connectivity index (χ0) is 12.1. The zero-order valence-electron chi connectivity index (χ0n) is 9.30. The van der Waals surface area contributed by atoms with E-state index in [1.165, 1.54) is 0 Å². The lowest BCUT2D eigenvalue weighted by molar-refractivity contribution is -0.118. The Hall–Kier alpha value is -1.27. The number of rotatable bonds is 5. The summed E-state index contributed by atoms with van der Waals surface area (Å²) in [5, 5.41) is 5.46. The van der Waals surface area contributed by atoms with Gasteiger partial charge in [-0.25, -0.2) is 4.98 Å². The second-order valence-electron chi connectivity index (χ2n) is 3.29. The highest BCUT2D eigenvalue weighted by Gasteiger charge is 2.07. The Labute approximate surface area is 107 Å². The van der Waals surface area contributed by atoms with Crippen LogP contribution in [-0.2, 0) is 10.5 Å². The first kappa shape index (κ1) is 12.2. The number of carbonyl (C=O) groups is 1. The number of hydrogen-bond donors (Lipinski definition) is 1. The molecule has 0 radical (unpaired) electrons. The lowest BCUT2D eigenvalue weighted by Gasteiger charge is -1.97. The standard InChI is InChI=1S/C11H12N2O2S2/c1-12-10(14)7-16-5-8-6-17-11(13-8)9-3-2-4-15-9/h2-4,6H,5,7H2,1H3,(H,12,14). The van der Waals surface area contributed by atoms with E-state index in [1.807, 2.05) is 17.5 Å². The van der Waals surface area contributed by atoms with Crippen LogP contribution in [0.25, 0.3) is 10.8 Å². The summed E-state index contributed by atoms with van der Waals surface area (Å²) in [6.07, 6.45) is 1.64. The van der Waals surface area contributed by atoms with E-state index in [4.69, 9.17) is 4.42 Å². The minimum absolute atomic E-state index is 0.0384. The molecule has 0 saturated carbocycles. The van der Waals surface area contributed by atoms with Crippen LogP contribution in [0.4, 0.5) is 0 Å². The number of carbonyl (C=O) groups excluding carboxylic acids is 1. The molecule has 1 amide bonds. The number of aromatic nitrogens is 1. The molecular formula is C11H12N2O2S2. The van der Waals surface area contributed by atoms with Crippen LogP contribution in [0.1, 0.15) is 5.69 Å². The van der Waals surface area contributed by atoms with Crippen LogP contribution in [0.15, 0.2) is 28.2 Å². The molecule has 0 unspecified atom stereocenters. The van der Waals surface area contributed by atoms with Crippen molar-refractivity contribution < 1.29 is 9.21 Å². The quantitative estimate of drug-likeness (QED) is 0.904. The summed E-state index contributed by atoms with van der Waals surface area (Å²) < 4.78 is 5.27. The molecule has 0 bridgehead atoms. The smallest absolute Gasteiger partial charge is 0.229 e. The van der Waals surface area contributed by atoms with Crippen LogP contribution < -0.4 is 5.32 Å². The maximum atomic E-state index is 11.0. The van der Waals surface area contributed by atoms with Crippen molar-refractivity contribution in [3.8, 4) is 10.8 Å². The third kappa shape index (κ3) is 3.34. The highest BCUT2D eigenvalue weighted by atomic mass is 32.2.